The molecule has 0 aliphatic rings. The molecule has 1 rings (SSSR count). The molecule has 0 unspecified atom stereocenters. The molecule has 3 N–H and O–H groups in total. The second-order valence-corrected chi connectivity index (χ2v) is 5.19. The van der Waals surface area contributed by atoms with E-state index in [4.69, 9.17) is 0 Å². The van der Waals surface area contributed by atoms with Crippen LogP contribution in [0.4, 0.5) is 0 Å². The van der Waals surface area contributed by atoms with Gasteiger partial charge in [0.15, 0.2) is 0 Å². The van der Waals surface area contributed by atoms with Crippen LogP contribution >= 0.6 is 0 Å². The van der Waals surface area contributed by atoms with Crippen molar-refractivity contribution in [3.63, 3.8) is 0 Å². The van der Waals surface area contributed by atoms with E-state index >= 15 is 0 Å². The van der Waals surface area contributed by atoms with Gasteiger partial charge in [0.25, 0.3) is 10.2 Å². The first kappa shape index (κ1) is 12.2. The molecule has 1 aromatic heterocycles. The van der Waals surface area contributed by atoms with Gasteiger partial charge in [-0.15, -0.1) is 0 Å². The monoisotopic (exact) mass is 232 g/mol. The molecule has 1 heterocycles. The van der Waals surface area contributed by atoms with Gasteiger partial charge in [-0.05, 0) is 5.92 Å². The van der Waals surface area contributed by atoms with Crippen LogP contribution in [0.15, 0.2) is 12.4 Å². The van der Waals surface area contributed by atoms with E-state index in [0.717, 1.165) is 0 Å². The lowest BCUT2D eigenvalue weighted by molar-refractivity contribution is 0.546. The quantitative estimate of drug-likeness (QED) is 0.644. The molecule has 0 saturated carbocycles. The normalized spacial score (nSPS) is 12.2. The van der Waals surface area contributed by atoms with Crippen LogP contribution in [0.25, 0.3) is 0 Å². The second-order valence-electron chi connectivity index (χ2n) is 3.60. The van der Waals surface area contributed by atoms with Crippen molar-refractivity contribution in [1.82, 2.24) is 19.4 Å². The highest BCUT2D eigenvalue weighted by Gasteiger charge is 2.09. The minimum Gasteiger partial charge on any atom is -0.347 e. The molecule has 0 amide bonds. The van der Waals surface area contributed by atoms with Gasteiger partial charge in [-0.25, -0.2) is 9.71 Å². The van der Waals surface area contributed by atoms with Crippen molar-refractivity contribution < 1.29 is 8.42 Å². The van der Waals surface area contributed by atoms with Crippen molar-refractivity contribution in [2.24, 2.45) is 5.92 Å². The molecule has 0 spiro atoms. The number of nitrogens with one attached hydrogen (secondary N) is 3. The fraction of sp³-hybridized carbons (Fsp3) is 0.625. The highest BCUT2D eigenvalue weighted by molar-refractivity contribution is 7.87. The van der Waals surface area contributed by atoms with Crippen LogP contribution in [0.5, 0.6) is 0 Å². The Hall–Kier alpha value is -0.920. The van der Waals surface area contributed by atoms with E-state index in [1.165, 1.54) is 0 Å². The summed E-state index contributed by atoms with van der Waals surface area (Å²) in [6, 6.07) is 0. The average Bonchev–Trinajstić information content (AvgIpc) is 2.65. The number of aromatic amines is 1. The zero-order valence-corrected chi connectivity index (χ0v) is 9.63. The van der Waals surface area contributed by atoms with Gasteiger partial charge in [-0.3, -0.25) is 0 Å². The molecule has 86 valence electrons. The second kappa shape index (κ2) is 5.24. The van der Waals surface area contributed by atoms with Crippen LogP contribution in [0.2, 0.25) is 0 Å². The smallest absolute Gasteiger partial charge is 0.277 e. The number of hydrogen-bond donors (Lipinski definition) is 3. The maximum absolute atomic E-state index is 11.4. The largest absolute Gasteiger partial charge is 0.347 e. The summed E-state index contributed by atoms with van der Waals surface area (Å²) in [5.41, 5.74) is 0. The predicted molar refractivity (Wildman–Crippen MR) is 57.2 cm³/mol. The number of imidazole rings is 1. The van der Waals surface area contributed by atoms with E-state index in [0.29, 0.717) is 12.4 Å². The van der Waals surface area contributed by atoms with Crippen LogP contribution in [0, 0.1) is 5.92 Å². The first-order chi connectivity index (χ1) is 6.99. The van der Waals surface area contributed by atoms with Gasteiger partial charge >= 0.3 is 0 Å². The van der Waals surface area contributed by atoms with Gasteiger partial charge in [0.1, 0.15) is 5.82 Å². The fourth-order valence-corrected chi connectivity index (χ4v) is 1.87. The van der Waals surface area contributed by atoms with Crippen molar-refractivity contribution in [2.75, 3.05) is 6.54 Å². The summed E-state index contributed by atoms with van der Waals surface area (Å²) in [7, 11) is -3.41. The first-order valence-corrected chi connectivity index (χ1v) is 6.20. The molecule has 0 atom stereocenters. The maximum atomic E-state index is 11.4. The Morgan fingerprint density at radius 1 is 1.47 bits per heavy atom. The number of H-pyrrole nitrogens is 1. The summed E-state index contributed by atoms with van der Waals surface area (Å²) < 4.78 is 27.6. The molecule has 0 saturated heterocycles. The Balaban J connectivity index is 2.37. The Labute approximate surface area is 89.7 Å². The zero-order valence-electron chi connectivity index (χ0n) is 8.82. The van der Waals surface area contributed by atoms with Crippen molar-refractivity contribution >= 4 is 10.2 Å². The van der Waals surface area contributed by atoms with Crippen molar-refractivity contribution in [1.29, 1.82) is 0 Å². The van der Waals surface area contributed by atoms with Gasteiger partial charge < -0.3 is 4.98 Å². The minimum atomic E-state index is -3.41. The third-order valence-corrected chi connectivity index (χ3v) is 2.74. The zero-order chi connectivity index (χ0) is 11.3. The van der Waals surface area contributed by atoms with Crippen LogP contribution in [0.1, 0.15) is 19.7 Å². The van der Waals surface area contributed by atoms with E-state index in [1.54, 1.807) is 12.4 Å². The molecule has 0 fully saturated rings. The summed E-state index contributed by atoms with van der Waals surface area (Å²) in [6.45, 7) is 4.47. The molecule has 7 heteroatoms. The highest BCUT2D eigenvalue weighted by atomic mass is 32.2. The highest BCUT2D eigenvalue weighted by Crippen LogP contribution is 1.91. The lowest BCUT2D eigenvalue weighted by atomic mass is 10.2. The Bertz CT molecular complexity index is 371. The lowest BCUT2D eigenvalue weighted by Crippen LogP contribution is -2.38. The average molecular weight is 232 g/mol. The Kier molecular flexibility index (Phi) is 4.25. The van der Waals surface area contributed by atoms with E-state index < -0.39 is 10.2 Å². The summed E-state index contributed by atoms with van der Waals surface area (Å²) in [5.74, 6) is 0.870. The lowest BCUT2D eigenvalue weighted by Gasteiger charge is -2.08. The van der Waals surface area contributed by atoms with E-state index in [-0.39, 0.29) is 12.5 Å². The fourth-order valence-electron chi connectivity index (χ4n) is 0.885. The van der Waals surface area contributed by atoms with E-state index in [2.05, 4.69) is 19.4 Å². The third-order valence-electron chi connectivity index (χ3n) is 1.67. The number of nitrogens with zero attached hydrogens (tertiary/aromatic N) is 1. The van der Waals surface area contributed by atoms with Gasteiger partial charge in [0.05, 0.1) is 6.54 Å². The molecule has 0 aliphatic carbocycles. The third kappa shape index (κ3) is 4.91. The maximum Gasteiger partial charge on any atom is 0.277 e. The molecule has 0 radical (unpaired) electrons. The summed E-state index contributed by atoms with van der Waals surface area (Å²) in [6.07, 6.45) is 3.22. The molecule has 0 bridgehead atoms. The SMILES string of the molecule is CC(C)CNS(=O)(=O)NCc1ncc[nH]1. The van der Waals surface area contributed by atoms with Crippen molar-refractivity contribution in [3.8, 4) is 0 Å². The number of aromatic nitrogens is 2. The van der Waals surface area contributed by atoms with Crippen molar-refractivity contribution in [3.05, 3.63) is 18.2 Å². The number of rotatable bonds is 6. The molecular weight excluding hydrogens is 216 g/mol. The summed E-state index contributed by atoms with van der Waals surface area (Å²) in [4.78, 5) is 6.71. The van der Waals surface area contributed by atoms with Gasteiger partial charge in [-0.1, -0.05) is 13.8 Å². The first-order valence-electron chi connectivity index (χ1n) is 4.72. The minimum absolute atomic E-state index is 0.167. The van der Waals surface area contributed by atoms with Crippen molar-refractivity contribution in [2.45, 2.75) is 20.4 Å². The molecule has 0 aromatic carbocycles. The Morgan fingerprint density at radius 3 is 2.73 bits per heavy atom. The van der Waals surface area contributed by atoms with Gasteiger partial charge in [0.2, 0.25) is 0 Å². The Morgan fingerprint density at radius 2 is 2.20 bits per heavy atom. The van der Waals surface area contributed by atoms with E-state index in [1.807, 2.05) is 13.8 Å². The predicted octanol–water partition coefficient (Wildman–Crippen LogP) is -0.0103. The van der Waals surface area contributed by atoms with E-state index in [9.17, 15) is 8.42 Å². The molecular formula is C8H16N4O2S. The van der Waals surface area contributed by atoms with Gasteiger partial charge in [-0.2, -0.15) is 13.1 Å². The summed E-state index contributed by atoms with van der Waals surface area (Å²) in [5, 5.41) is 0. The molecule has 0 aliphatic heterocycles. The number of hydrogen-bond acceptors (Lipinski definition) is 3. The topological polar surface area (TPSA) is 86.9 Å². The van der Waals surface area contributed by atoms with Crippen LogP contribution in [0.3, 0.4) is 0 Å². The standard InChI is InChI=1S/C8H16N4O2S/c1-7(2)5-11-15(13,14)12-6-8-9-3-4-10-8/h3-4,7,11-12H,5-6H2,1-2H3,(H,9,10). The van der Waals surface area contributed by atoms with Crippen LogP contribution in [-0.2, 0) is 16.8 Å². The van der Waals surface area contributed by atoms with Gasteiger partial charge in [0, 0.05) is 18.9 Å². The molecule has 15 heavy (non-hydrogen) atoms. The molecule has 6 nitrogen and oxygen atoms in total. The van der Waals surface area contributed by atoms with Crippen LogP contribution < -0.4 is 9.44 Å². The molecule has 1 aromatic rings. The van der Waals surface area contributed by atoms with Crippen LogP contribution in [-0.4, -0.2) is 24.9 Å². The summed E-state index contributed by atoms with van der Waals surface area (Å²) >= 11 is 0.